The van der Waals surface area contributed by atoms with Gasteiger partial charge < -0.3 is 15.1 Å². The zero-order valence-electron chi connectivity index (χ0n) is 10.1. The molecule has 1 aromatic rings. The molecule has 1 aliphatic heterocycles. The van der Waals surface area contributed by atoms with Gasteiger partial charge in [0, 0.05) is 18.1 Å². The lowest BCUT2D eigenvalue weighted by molar-refractivity contribution is 0.0247. The van der Waals surface area contributed by atoms with Crippen LogP contribution in [0.3, 0.4) is 0 Å². The third kappa shape index (κ3) is 2.60. The van der Waals surface area contributed by atoms with Gasteiger partial charge in [-0.15, -0.1) is 0 Å². The Balaban J connectivity index is 2.16. The van der Waals surface area contributed by atoms with Crippen LogP contribution in [0.5, 0.6) is 5.75 Å². The number of piperidine rings is 1. The molecule has 0 bridgehead atoms. The van der Waals surface area contributed by atoms with Crippen LogP contribution in [0.25, 0.3) is 0 Å². The fourth-order valence-electron chi connectivity index (χ4n) is 2.09. The van der Waals surface area contributed by atoms with E-state index in [0.717, 1.165) is 6.42 Å². The summed E-state index contributed by atoms with van der Waals surface area (Å²) in [5, 5.41) is 19.9. The smallest absolute Gasteiger partial charge is 0.257 e. The monoisotopic (exact) mass is 269 g/mol. The molecule has 0 aromatic heterocycles. The molecular weight excluding hydrogens is 254 g/mol. The lowest BCUT2D eigenvalue weighted by Gasteiger charge is -2.34. The number of β-amino-alcohol motifs (C(OH)–C–C–N with tert-alkyl or cyclic N) is 1. The third-order valence-corrected chi connectivity index (χ3v) is 3.63. The van der Waals surface area contributed by atoms with Gasteiger partial charge in [0.1, 0.15) is 5.75 Å². The van der Waals surface area contributed by atoms with Gasteiger partial charge in [-0.25, -0.2) is 0 Å². The van der Waals surface area contributed by atoms with E-state index in [1.807, 2.05) is 6.92 Å². The number of aromatic hydroxyl groups is 1. The molecular formula is C13H16ClNO3. The van der Waals surface area contributed by atoms with Crippen molar-refractivity contribution in [3.63, 3.8) is 0 Å². The number of phenols is 1. The van der Waals surface area contributed by atoms with Crippen LogP contribution in [0.15, 0.2) is 18.2 Å². The highest BCUT2D eigenvalue weighted by Gasteiger charge is 2.28. The van der Waals surface area contributed by atoms with Crippen LogP contribution < -0.4 is 0 Å². The maximum atomic E-state index is 12.2. The van der Waals surface area contributed by atoms with Gasteiger partial charge in [0.15, 0.2) is 0 Å². The van der Waals surface area contributed by atoms with E-state index in [1.54, 1.807) is 11.0 Å². The number of hydrogen-bond acceptors (Lipinski definition) is 3. The van der Waals surface area contributed by atoms with Crippen molar-refractivity contribution in [3.05, 3.63) is 28.8 Å². The second-order valence-corrected chi connectivity index (χ2v) is 5.18. The topological polar surface area (TPSA) is 60.8 Å². The fourth-order valence-corrected chi connectivity index (χ4v) is 2.26. The van der Waals surface area contributed by atoms with Crippen LogP contribution >= 0.6 is 11.6 Å². The molecule has 4 nitrogen and oxygen atoms in total. The highest BCUT2D eigenvalue weighted by atomic mass is 35.5. The maximum Gasteiger partial charge on any atom is 0.257 e. The number of carbonyl (C=O) groups excluding carboxylic acids is 1. The molecule has 1 fully saturated rings. The predicted octanol–water partition coefficient (Wildman–Crippen LogP) is 1.89. The van der Waals surface area contributed by atoms with Gasteiger partial charge in [0.05, 0.1) is 11.7 Å². The van der Waals surface area contributed by atoms with E-state index >= 15 is 0 Å². The first-order valence-electron chi connectivity index (χ1n) is 5.95. The molecule has 0 saturated carbocycles. The molecule has 2 rings (SSSR count). The summed E-state index contributed by atoms with van der Waals surface area (Å²) in [5.41, 5.74) is 0.223. The molecule has 18 heavy (non-hydrogen) atoms. The number of rotatable bonds is 1. The molecule has 1 aliphatic rings. The minimum Gasteiger partial charge on any atom is -0.507 e. The van der Waals surface area contributed by atoms with Crippen molar-refractivity contribution in [3.8, 4) is 5.75 Å². The highest BCUT2D eigenvalue weighted by Crippen LogP contribution is 2.25. The summed E-state index contributed by atoms with van der Waals surface area (Å²) in [4.78, 5) is 13.8. The highest BCUT2D eigenvalue weighted by molar-refractivity contribution is 6.30. The molecule has 2 unspecified atom stereocenters. The molecule has 0 radical (unpaired) electrons. The first kappa shape index (κ1) is 13.2. The molecule has 1 aromatic carbocycles. The molecule has 0 spiro atoms. The van der Waals surface area contributed by atoms with Crippen molar-refractivity contribution < 1.29 is 15.0 Å². The molecule has 1 saturated heterocycles. The van der Waals surface area contributed by atoms with Gasteiger partial charge in [-0.05, 0) is 30.5 Å². The molecule has 1 amide bonds. The van der Waals surface area contributed by atoms with E-state index in [2.05, 4.69) is 0 Å². The Morgan fingerprint density at radius 2 is 2.22 bits per heavy atom. The minimum absolute atomic E-state index is 0.124. The normalized spacial score (nSPS) is 24.1. The van der Waals surface area contributed by atoms with E-state index in [0.29, 0.717) is 18.1 Å². The van der Waals surface area contributed by atoms with Crippen LogP contribution in [0, 0.1) is 5.92 Å². The Morgan fingerprint density at radius 1 is 1.50 bits per heavy atom. The number of hydrogen-bond donors (Lipinski definition) is 2. The van der Waals surface area contributed by atoms with Crippen molar-refractivity contribution in [2.75, 3.05) is 13.1 Å². The molecule has 2 atom stereocenters. The van der Waals surface area contributed by atoms with Gasteiger partial charge >= 0.3 is 0 Å². The Kier molecular flexibility index (Phi) is 3.78. The Bertz CT molecular complexity index is 464. The Morgan fingerprint density at radius 3 is 2.83 bits per heavy atom. The zero-order valence-corrected chi connectivity index (χ0v) is 10.9. The van der Waals surface area contributed by atoms with Crippen molar-refractivity contribution in [2.45, 2.75) is 19.4 Å². The Labute approximate surface area is 111 Å². The molecule has 1 heterocycles. The third-order valence-electron chi connectivity index (χ3n) is 3.40. The summed E-state index contributed by atoms with van der Waals surface area (Å²) in [6, 6.07) is 4.42. The van der Waals surface area contributed by atoms with Crippen molar-refractivity contribution in [2.24, 2.45) is 5.92 Å². The average molecular weight is 270 g/mol. The van der Waals surface area contributed by atoms with Gasteiger partial charge in [-0.3, -0.25) is 4.79 Å². The summed E-state index contributed by atoms with van der Waals surface area (Å²) in [6.45, 7) is 2.87. The lowest BCUT2D eigenvalue weighted by atomic mass is 9.95. The Hall–Kier alpha value is -1.26. The van der Waals surface area contributed by atoms with E-state index in [1.165, 1.54) is 12.1 Å². The SMILES string of the molecule is CC1CCN(C(=O)c2ccc(Cl)cc2O)CC1O. The first-order chi connectivity index (χ1) is 8.49. The number of amides is 1. The van der Waals surface area contributed by atoms with Crippen molar-refractivity contribution in [1.82, 2.24) is 4.90 Å². The van der Waals surface area contributed by atoms with Gasteiger partial charge in [-0.1, -0.05) is 18.5 Å². The van der Waals surface area contributed by atoms with Crippen LogP contribution in [0.2, 0.25) is 5.02 Å². The molecule has 0 aliphatic carbocycles. The van der Waals surface area contributed by atoms with E-state index in [4.69, 9.17) is 11.6 Å². The van der Waals surface area contributed by atoms with E-state index in [9.17, 15) is 15.0 Å². The number of nitrogens with zero attached hydrogens (tertiary/aromatic N) is 1. The summed E-state index contributed by atoms with van der Waals surface area (Å²) >= 11 is 5.72. The zero-order chi connectivity index (χ0) is 13.3. The molecule has 98 valence electrons. The largest absolute Gasteiger partial charge is 0.507 e. The number of benzene rings is 1. The van der Waals surface area contributed by atoms with Crippen LogP contribution in [0.4, 0.5) is 0 Å². The van der Waals surface area contributed by atoms with Crippen LogP contribution in [-0.4, -0.2) is 40.2 Å². The number of halogens is 1. The predicted molar refractivity (Wildman–Crippen MR) is 68.8 cm³/mol. The number of carbonyl (C=O) groups is 1. The number of aliphatic hydroxyl groups excluding tert-OH is 1. The second-order valence-electron chi connectivity index (χ2n) is 4.75. The van der Waals surface area contributed by atoms with Gasteiger partial charge in [0.2, 0.25) is 0 Å². The number of phenolic OH excluding ortho intramolecular Hbond substituents is 1. The number of aliphatic hydroxyl groups is 1. The van der Waals surface area contributed by atoms with Gasteiger partial charge in [-0.2, -0.15) is 0 Å². The maximum absolute atomic E-state index is 12.2. The second kappa shape index (κ2) is 5.16. The van der Waals surface area contributed by atoms with Crippen molar-refractivity contribution >= 4 is 17.5 Å². The lowest BCUT2D eigenvalue weighted by Crippen LogP contribution is -2.45. The van der Waals surface area contributed by atoms with E-state index < -0.39 is 6.10 Å². The van der Waals surface area contributed by atoms with Crippen molar-refractivity contribution in [1.29, 1.82) is 0 Å². The summed E-state index contributed by atoms with van der Waals surface area (Å²) in [6.07, 6.45) is 0.262. The number of likely N-dealkylation sites (tertiary alicyclic amines) is 1. The van der Waals surface area contributed by atoms with Crippen LogP contribution in [-0.2, 0) is 0 Å². The van der Waals surface area contributed by atoms with E-state index in [-0.39, 0.29) is 23.1 Å². The summed E-state index contributed by atoms with van der Waals surface area (Å²) < 4.78 is 0. The average Bonchev–Trinajstić information content (AvgIpc) is 2.32. The molecule has 5 heteroatoms. The first-order valence-corrected chi connectivity index (χ1v) is 6.32. The minimum atomic E-state index is -0.503. The van der Waals surface area contributed by atoms with Crippen LogP contribution in [0.1, 0.15) is 23.7 Å². The van der Waals surface area contributed by atoms with Gasteiger partial charge in [0.25, 0.3) is 5.91 Å². The standard InChI is InChI=1S/C13H16ClNO3/c1-8-4-5-15(7-12(8)17)13(18)10-3-2-9(14)6-11(10)16/h2-3,6,8,12,16-17H,4-5,7H2,1H3. The summed E-state index contributed by atoms with van der Waals surface area (Å²) in [5.74, 6) is -0.191. The summed E-state index contributed by atoms with van der Waals surface area (Å²) in [7, 11) is 0. The fraction of sp³-hybridized carbons (Fsp3) is 0.462. The quantitative estimate of drug-likeness (QED) is 0.818. The molecule has 2 N–H and O–H groups in total.